The number of benzene rings is 1. The number of nitro benzene ring substituents is 1. The number of hydrogen-bond acceptors (Lipinski definition) is 5. The molecule has 2 aromatic rings. The van der Waals surface area contributed by atoms with Gasteiger partial charge in [-0.15, -0.1) is 0 Å². The van der Waals surface area contributed by atoms with Crippen molar-refractivity contribution in [2.45, 2.75) is 11.7 Å². The van der Waals surface area contributed by atoms with E-state index in [-0.39, 0.29) is 16.8 Å². The molecule has 104 valence electrons. The number of thioether (sulfide) groups is 1. The predicted octanol–water partition coefficient (Wildman–Crippen LogP) is 1.21. The standard InChI is InChI=1S/C13H8N4O3S/c14-7-10-11(8-1-3-9(4-2-8)17(19)20)15-13-16(12(10)18)5-6-21-13/h1-4H,5-6H2/p+1. The maximum atomic E-state index is 12.3. The van der Waals surface area contributed by atoms with E-state index < -0.39 is 4.92 Å². The van der Waals surface area contributed by atoms with E-state index in [1.807, 2.05) is 6.07 Å². The zero-order chi connectivity index (χ0) is 15.0. The highest BCUT2D eigenvalue weighted by Crippen LogP contribution is 2.24. The van der Waals surface area contributed by atoms with Crippen molar-refractivity contribution in [2.24, 2.45) is 0 Å². The van der Waals surface area contributed by atoms with E-state index in [0.717, 1.165) is 5.75 Å². The van der Waals surface area contributed by atoms with Gasteiger partial charge in [-0.2, -0.15) is 9.83 Å². The molecule has 0 amide bonds. The normalized spacial score (nSPS) is 12.7. The summed E-state index contributed by atoms with van der Waals surface area (Å²) in [6.45, 7) is 0.574. The van der Waals surface area contributed by atoms with Gasteiger partial charge >= 0.3 is 10.7 Å². The van der Waals surface area contributed by atoms with E-state index in [4.69, 9.17) is 0 Å². The minimum Gasteiger partial charge on any atom is -0.258 e. The molecule has 0 fully saturated rings. The molecule has 0 aliphatic carbocycles. The molecule has 2 heterocycles. The highest BCUT2D eigenvalue weighted by atomic mass is 32.2. The third kappa shape index (κ3) is 2.17. The number of nitrogens with zero attached hydrogens (tertiary/aromatic N) is 3. The highest BCUT2D eigenvalue weighted by Gasteiger charge is 2.28. The Morgan fingerprint density at radius 3 is 2.71 bits per heavy atom. The van der Waals surface area contributed by atoms with Crippen molar-refractivity contribution >= 4 is 17.4 Å². The van der Waals surface area contributed by atoms with Crippen LogP contribution >= 0.6 is 11.8 Å². The summed E-state index contributed by atoms with van der Waals surface area (Å²) >= 11 is 1.51. The third-order valence-electron chi connectivity index (χ3n) is 3.22. The Balaban J connectivity index is 2.19. The Labute approximate surface area is 123 Å². The van der Waals surface area contributed by atoms with Crippen molar-refractivity contribution < 1.29 is 9.91 Å². The molecule has 1 aliphatic heterocycles. The monoisotopic (exact) mass is 301 g/mol. The molecule has 0 saturated carbocycles. The number of hydrogen-bond donors (Lipinski definition) is 0. The fourth-order valence-corrected chi connectivity index (χ4v) is 3.16. The second kappa shape index (κ2) is 5.03. The summed E-state index contributed by atoms with van der Waals surface area (Å²) in [5.74, 6) is 0.778. The molecule has 0 spiro atoms. The predicted molar refractivity (Wildman–Crippen MR) is 74.8 cm³/mol. The minimum absolute atomic E-state index is 0.0232. The van der Waals surface area contributed by atoms with Crippen LogP contribution in [0.2, 0.25) is 0 Å². The second-order valence-corrected chi connectivity index (χ2v) is 5.48. The van der Waals surface area contributed by atoms with Crippen LogP contribution in [-0.4, -0.2) is 15.2 Å². The zero-order valence-corrected chi connectivity index (χ0v) is 11.5. The van der Waals surface area contributed by atoms with E-state index >= 15 is 0 Å². The molecular formula is C13H9N4O3S+. The number of non-ortho nitro benzene ring substituents is 1. The summed E-state index contributed by atoms with van der Waals surface area (Å²) in [6, 6.07) is 7.68. The molecule has 7 nitrogen and oxygen atoms in total. The lowest BCUT2D eigenvalue weighted by molar-refractivity contribution is -0.425. The summed E-state index contributed by atoms with van der Waals surface area (Å²) < 4.78 is 1.54. The second-order valence-electron chi connectivity index (χ2n) is 4.40. The van der Waals surface area contributed by atoms with Gasteiger partial charge in [0.25, 0.3) is 5.69 Å². The van der Waals surface area contributed by atoms with Gasteiger partial charge in [-0.1, -0.05) is 0 Å². The van der Waals surface area contributed by atoms with Gasteiger partial charge in [0, 0.05) is 23.4 Å². The lowest BCUT2D eigenvalue weighted by Gasteiger charge is -2.02. The van der Waals surface area contributed by atoms with E-state index in [1.165, 1.54) is 40.6 Å². The number of aromatic amines is 1. The topological polar surface area (TPSA) is 103 Å². The van der Waals surface area contributed by atoms with Gasteiger partial charge in [0.15, 0.2) is 11.3 Å². The van der Waals surface area contributed by atoms with E-state index in [0.29, 0.717) is 23.0 Å². The molecular weight excluding hydrogens is 292 g/mol. The fraction of sp³-hybridized carbons (Fsp3) is 0.154. The molecule has 8 heteroatoms. The Bertz CT molecular complexity index is 836. The molecule has 3 rings (SSSR count). The first-order chi connectivity index (χ1) is 10.1. The molecule has 1 aromatic heterocycles. The lowest BCUT2D eigenvalue weighted by Crippen LogP contribution is -2.31. The van der Waals surface area contributed by atoms with Crippen LogP contribution in [0.15, 0.2) is 34.2 Å². The van der Waals surface area contributed by atoms with Crippen molar-refractivity contribution in [2.75, 3.05) is 5.75 Å². The quantitative estimate of drug-likeness (QED) is 0.471. The first-order valence-electron chi connectivity index (χ1n) is 6.09. The summed E-state index contributed by atoms with van der Waals surface area (Å²) in [6.07, 6.45) is 0. The number of nitriles is 1. The SMILES string of the molecule is N#Cc1c(-c2ccc([N+](=O)[O-])cc2)[nH+]c2n(c1=O)CCS2. The Morgan fingerprint density at radius 1 is 1.38 bits per heavy atom. The lowest BCUT2D eigenvalue weighted by atomic mass is 10.1. The van der Waals surface area contributed by atoms with Crippen LogP contribution in [-0.2, 0) is 6.54 Å². The summed E-state index contributed by atoms with van der Waals surface area (Å²) in [7, 11) is 0. The fourth-order valence-electron chi connectivity index (χ4n) is 2.19. The van der Waals surface area contributed by atoms with Crippen molar-refractivity contribution in [3.8, 4) is 17.3 Å². The van der Waals surface area contributed by atoms with Gasteiger partial charge < -0.3 is 0 Å². The molecule has 1 aliphatic rings. The van der Waals surface area contributed by atoms with Crippen molar-refractivity contribution in [3.63, 3.8) is 0 Å². The van der Waals surface area contributed by atoms with Crippen molar-refractivity contribution in [1.29, 1.82) is 5.26 Å². The van der Waals surface area contributed by atoms with Gasteiger partial charge in [-0.3, -0.25) is 10.1 Å². The van der Waals surface area contributed by atoms with E-state index in [2.05, 4.69) is 4.98 Å². The Kier molecular flexibility index (Phi) is 3.19. The van der Waals surface area contributed by atoms with Crippen LogP contribution in [0.3, 0.4) is 0 Å². The van der Waals surface area contributed by atoms with Gasteiger partial charge in [0.2, 0.25) is 0 Å². The number of rotatable bonds is 2. The highest BCUT2D eigenvalue weighted by molar-refractivity contribution is 7.99. The van der Waals surface area contributed by atoms with Crippen LogP contribution in [0.4, 0.5) is 5.69 Å². The average molecular weight is 301 g/mol. The molecule has 0 atom stereocenters. The first kappa shape index (κ1) is 13.3. The number of nitro groups is 1. The van der Waals surface area contributed by atoms with Gasteiger partial charge in [0.05, 0.1) is 4.92 Å². The molecule has 21 heavy (non-hydrogen) atoms. The number of nitrogens with one attached hydrogen (secondary N) is 1. The van der Waals surface area contributed by atoms with E-state index in [9.17, 15) is 20.2 Å². The molecule has 1 aromatic carbocycles. The van der Waals surface area contributed by atoms with Crippen LogP contribution < -0.4 is 10.5 Å². The maximum absolute atomic E-state index is 12.3. The van der Waals surface area contributed by atoms with Crippen LogP contribution in [0.5, 0.6) is 0 Å². The molecule has 0 unspecified atom stereocenters. The Morgan fingerprint density at radius 2 is 2.10 bits per heavy atom. The van der Waals surface area contributed by atoms with Crippen LogP contribution in [0.1, 0.15) is 5.56 Å². The van der Waals surface area contributed by atoms with Crippen molar-refractivity contribution in [3.05, 3.63) is 50.3 Å². The smallest absolute Gasteiger partial charge is 0.258 e. The summed E-state index contributed by atoms with van der Waals surface area (Å²) in [5, 5.41) is 20.6. The zero-order valence-electron chi connectivity index (χ0n) is 10.7. The third-order valence-corrected chi connectivity index (χ3v) is 4.20. The van der Waals surface area contributed by atoms with Gasteiger partial charge in [0.1, 0.15) is 12.6 Å². The largest absolute Gasteiger partial charge is 0.356 e. The first-order valence-corrected chi connectivity index (χ1v) is 7.08. The van der Waals surface area contributed by atoms with E-state index in [1.54, 1.807) is 0 Å². The van der Waals surface area contributed by atoms with Gasteiger partial charge in [-0.25, -0.2) is 9.78 Å². The van der Waals surface area contributed by atoms with Gasteiger partial charge in [-0.05, 0) is 23.9 Å². The Hall–Kier alpha value is -2.66. The number of H-pyrrole nitrogens is 1. The molecule has 0 saturated heterocycles. The van der Waals surface area contributed by atoms with Crippen LogP contribution in [0, 0.1) is 21.4 Å². The molecule has 1 N–H and O–H groups in total. The average Bonchev–Trinajstić information content (AvgIpc) is 2.96. The maximum Gasteiger partial charge on any atom is 0.356 e. The minimum atomic E-state index is -0.494. The van der Waals surface area contributed by atoms with Crippen LogP contribution in [0.25, 0.3) is 11.3 Å². The molecule has 0 radical (unpaired) electrons. The van der Waals surface area contributed by atoms with Crippen molar-refractivity contribution in [1.82, 2.24) is 4.57 Å². The number of fused-ring (bicyclic) bond motifs is 1. The number of aromatic nitrogens is 2. The summed E-state index contributed by atoms with van der Waals surface area (Å²) in [4.78, 5) is 25.5. The summed E-state index contributed by atoms with van der Waals surface area (Å²) in [5.41, 5.74) is 0.632. The molecule has 0 bridgehead atoms.